The third kappa shape index (κ3) is 20.4. The Kier molecular flexibility index (Phi) is 29.0. The lowest BCUT2D eigenvalue weighted by Gasteiger charge is -2.32. The number of hydrogen-bond acceptors (Lipinski definition) is 27. The number of rotatable bonds is 26. The predicted molar refractivity (Wildman–Crippen MR) is 472 cm³/mol. The van der Waals surface area contributed by atoms with Crippen LogP contribution in [0, 0.1) is 47.5 Å². The van der Waals surface area contributed by atoms with E-state index >= 15 is 0 Å². The minimum atomic E-state index is -0.352. The summed E-state index contributed by atoms with van der Waals surface area (Å²) in [5.41, 5.74) is 29.6. The van der Waals surface area contributed by atoms with Crippen LogP contribution in [0.15, 0.2) is 55.4 Å². The number of methoxy groups -OCH3 is 3. The van der Waals surface area contributed by atoms with Crippen LogP contribution in [0.2, 0.25) is 15.5 Å². The fraction of sp³-hybridized carbons (Fsp3) is 0.400. The largest absolute Gasteiger partial charge is 0.496 e. The second kappa shape index (κ2) is 40.1. The van der Waals surface area contributed by atoms with Crippen LogP contribution in [0.5, 0.6) is 17.2 Å². The number of halogens is 3. The molecule has 654 valence electrons. The Morgan fingerprint density at radius 2 is 0.895 bits per heavy atom. The molecule has 0 radical (unpaired) electrons. The fourth-order valence-electron chi connectivity index (χ4n) is 16.0. The summed E-state index contributed by atoms with van der Waals surface area (Å²) >= 11 is 19.4. The van der Waals surface area contributed by atoms with Crippen LogP contribution in [0.25, 0.3) is 34.9 Å². The molecule has 6 amide bonds. The van der Waals surface area contributed by atoms with E-state index < -0.39 is 0 Å². The van der Waals surface area contributed by atoms with E-state index in [-0.39, 0.29) is 129 Å². The van der Waals surface area contributed by atoms with Crippen LogP contribution < -0.4 is 62.1 Å². The van der Waals surface area contributed by atoms with Gasteiger partial charge in [0.25, 0.3) is 35.4 Å². The first-order chi connectivity index (χ1) is 59.6. The highest BCUT2D eigenvalue weighted by Gasteiger charge is 2.42. The quantitative estimate of drug-likeness (QED) is 0.0142. The molecule has 0 aromatic carbocycles. The number of likely N-dealkylation sites (tertiary alicyclic amines) is 2. The van der Waals surface area contributed by atoms with Crippen LogP contribution in [0.1, 0.15) is 147 Å². The number of aliphatic hydroxyl groups excluding tert-OH is 2. The molecule has 6 aliphatic heterocycles. The van der Waals surface area contributed by atoms with Crippen molar-refractivity contribution in [3.63, 3.8) is 0 Å². The van der Waals surface area contributed by atoms with E-state index in [9.17, 15) is 39.0 Å². The molecule has 9 aromatic heterocycles. The fourth-order valence-corrected chi connectivity index (χ4v) is 16.8. The number of H-pyrrole nitrogens is 3. The van der Waals surface area contributed by atoms with Gasteiger partial charge in [-0.15, -0.1) is 0 Å². The molecule has 1 atom stereocenters. The van der Waals surface area contributed by atoms with Crippen molar-refractivity contribution in [3.8, 4) is 17.2 Å². The Bertz CT molecular complexity index is 5620. The molecule has 39 heteroatoms. The van der Waals surface area contributed by atoms with Gasteiger partial charge in [-0.3, -0.25) is 63.3 Å². The van der Waals surface area contributed by atoms with E-state index in [0.717, 1.165) is 125 Å². The van der Waals surface area contributed by atoms with E-state index in [1.165, 1.54) is 14.7 Å². The zero-order chi connectivity index (χ0) is 88.3. The van der Waals surface area contributed by atoms with Gasteiger partial charge in [-0.1, -0.05) is 34.8 Å². The lowest BCUT2D eigenvalue weighted by Crippen LogP contribution is -2.41. The molecule has 124 heavy (non-hydrogen) atoms. The average molecular weight is 1760 g/mol. The molecule has 6 aliphatic rings. The number of piperidine rings is 2. The smallest absolute Gasteiger partial charge is 0.260 e. The third-order valence-corrected chi connectivity index (χ3v) is 23.3. The molecule has 1 unspecified atom stereocenters. The van der Waals surface area contributed by atoms with Gasteiger partial charge in [0.1, 0.15) is 32.7 Å². The van der Waals surface area contributed by atoms with Crippen molar-refractivity contribution in [2.45, 2.75) is 99.4 Å². The van der Waals surface area contributed by atoms with Crippen LogP contribution in [0.4, 0.5) is 35.3 Å². The Balaban J connectivity index is 0.000000160. The SMILES string of the molecule is COc1c(C)cnc(CN2C(=O)/C(=C\c3cc(C(=O)NCC4CCCN(CCO)C4)c[nH]3)c3c(Cl)nc(N)nc32)c1C.COc1c(C)cnc(CN2C(=O)/C(=C\c3cc(C(=O)NCCCN4CCOCC4)c[nH]3)c3c(Cl)nc(N)nc32)c1C.COc1c(C)cnc(CN2C(=O)/C(=C\c3cc(C(=O)NCCN4CCC(O)CC4)c[nH]3)c3c(Cl)nc(N)nc32)c1C. The maximum atomic E-state index is 13.8. The molecule has 15 rings (SSSR count). The molecular formula is C85H101Cl3N24O12. The van der Waals surface area contributed by atoms with Gasteiger partial charge in [-0.25, -0.2) is 15.0 Å². The minimum absolute atomic E-state index is 0.0496. The number of nitrogen functional groups attached to an aromatic ring is 3. The highest BCUT2D eigenvalue weighted by molar-refractivity contribution is 6.43. The van der Waals surface area contributed by atoms with Crippen molar-refractivity contribution in [3.05, 3.63) is 172 Å². The number of nitrogens with one attached hydrogen (secondary N) is 6. The summed E-state index contributed by atoms with van der Waals surface area (Å²) in [5.74, 6) is 1.46. The molecule has 36 nitrogen and oxygen atoms in total. The van der Waals surface area contributed by atoms with Crippen molar-refractivity contribution < 1.29 is 57.9 Å². The summed E-state index contributed by atoms with van der Waals surface area (Å²) in [4.78, 5) is 139. The van der Waals surface area contributed by atoms with Crippen LogP contribution in [0.3, 0.4) is 0 Å². The van der Waals surface area contributed by atoms with Crippen molar-refractivity contribution in [2.24, 2.45) is 5.92 Å². The number of amides is 6. The molecule has 14 N–H and O–H groups in total. The summed E-state index contributed by atoms with van der Waals surface area (Å²) in [7, 11) is 4.79. The molecule has 0 aliphatic carbocycles. The standard InChI is InChI=1S/C29H35ClN8O4.2C28H33ClN8O4/c1-16-11-33-22(17(2)24(16)42-3)15-38-26-23(25(30)35-29(31)36-26)21(28(38)41)10-20-9-19(13-32-20)27(40)34-12-18-5-4-6-37(14-18)7-8-39;1-15-12-33-21(16(2)23(15)41-3)14-37-25-22(24(29)34-28(30)35-25)20(27(37)40)11-18-10-17(13-32-18)26(39)31-6-9-36-7-4-19(38)5-8-36;1-16-13-33-21(17(2)23(16)40-3)15-37-25-22(24(29)34-28(30)35-25)20(27(37)39)12-19-11-18(14-32-19)26(38)31-5-4-6-36-7-9-41-10-8-36/h9-11,13,18,32,39H,4-8,12,14-15H2,1-3H3,(H,34,40)(H2,31,35,36);10-13,19,32,38H,4-9,14H2,1-3H3,(H,31,39)(H2,30,34,35);11-14,32H,4-10,15H2,1-3H3,(H,31,38)(H2,30,34,35)/b21-10-;20-11-;20-12-. The van der Waals surface area contributed by atoms with E-state index in [4.69, 9.17) is 71.0 Å². The molecule has 0 bridgehead atoms. The highest BCUT2D eigenvalue weighted by atomic mass is 35.5. The van der Waals surface area contributed by atoms with E-state index in [1.807, 2.05) is 41.5 Å². The number of nitrogens with zero attached hydrogens (tertiary/aromatic N) is 15. The molecular weight excluding hydrogens is 1660 g/mol. The Morgan fingerprint density at radius 1 is 0.516 bits per heavy atom. The lowest BCUT2D eigenvalue weighted by molar-refractivity contribution is -0.113. The van der Waals surface area contributed by atoms with Gasteiger partial charge in [-0.05, 0) is 129 Å². The summed E-state index contributed by atoms with van der Waals surface area (Å²) < 4.78 is 22.0. The van der Waals surface area contributed by atoms with Gasteiger partial charge in [0, 0.05) is 153 Å². The maximum Gasteiger partial charge on any atom is 0.260 e. The number of pyridine rings is 3. The maximum absolute atomic E-state index is 13.8. The number of β-amino-alcohol motifs (C(OH)–C–C–N with tert-alkyl or cyclic N) is 1. The van der Waals surface area contributed by atoms with Crippen LogP contribution in [-0.2, 0) is 38.8 Å². The number of aromatic amines is 3. The van der Waals surface area contributed by atoms with Gasteiger partial charge >= 0.3 is 0 Å². The summed E-state index contributed by atoms with van der Waals surface area (Å²) in [6.45, 7) is 22.5. The minimum Gasteiger partial charge on any atom is -0.496 e. The first kappa shape index (κ1) is 89.7. The average Bonchev–Trinajstić information content (AvgIpc) is 1.61. The number of anilines is 6. The molecule has 3 saturated heterocycles. The van der Waals surface area contributed by atoms with Gasteiger partial charge in [0.05, 0.1) is 134 Å². The van der Waals surface area contributed by atoms with E-state index in [0.29, 0.717) is 129 Å². The Labute approximate surface area is 730 Å². The number of carbonyl (C=O) groups excluding carboxylic acids is 6. The number of aryl methyl sites for hydroxylation is 3. The van der Waals surface area contributed by atoms with Crippen molar-refractivity contribution in [1.82, 2.24) is 90.5 Å². The number of nitrogens with two attached hydrogens (primary N) is 3. The zero-order valence-corrected chi connectivity index (χ0v) is 72.7. The van der Waals surface area contributed by atoms with Gasteiger partial charge in [0.2, 0.25) is 17.8 Å². The Morgan fingerprint density at radius 3 is 1.28 bits per heavy atom. The number of morpholine rings is 1. The monoisotopic (exact) mass is 1750 g/mol. The van der Waals surface area contributed by atoms with Gasteiger partial charge < -0.3 is 87.1 Å². The van der Waals surface area contributed by atoms with Gasteiger partial charge in [-0.2, -0.15) is 15.0 Å². The molecule has 15 heterocycles. The summed E-state index contributed by atoms with van der Waals surface area (Å²) in [6.07, 6.45) is 19.0. The molecule has 3 fully saturated rings. The van der Waals surface area contributed by atoms with Crippen molar-refractivity contribution >= 4 is 140 Å². The normalized spacial score (nSPS) is 17.1. The van der Waals surface area contributed by atoms with E-state index in [2.05, 4.69) is 90.5 Å². The number of aromatic nitrogens is 12. The molecule has 0 spiro atoms. The van der Waals surface area contributed by atoms with Crippen molar-refractivity contribution in [1.29, 1.82) is 0 Å². The number of fused-ring (bicyclic) bond motifs is 3. The summed E-state index contributed by atoms with van der Waals surface area (Å²) in [5, 5.41) is 27.9. The highest BCUT2D eigenvalue weighted by Crippen LogP contribution is 2.46. The first-order valence-electron chi connectivity index (χ1n) is 40.6. The number of carbonyl (C=O) groups is 6. The number of hydrogen-bond donors (Lipinski definition) is 11. The number of ether oxygens (including phenoxy) is 4. The number of aliphatic hydroxyl groups is 2. The second-order valence-corrected chi connectivity index (χ2v) is 31.9. The Hall–Kier alpha value is -12.0. The van der Waals surface area contributed by atoms with E-state index in [1.54, 1.807) is 94.9 Å². The molecule has 9 aromatic rings. The first-order valence-corrected chi connectivity index (χ1v) is 41.8. The zero-order valence-electron chi connectivity index (χ0n) is 70.4. The van der Waals surface area contributed by atoms with Crippen LogP contribution >= 0.6 is 34.8 Å². The van der Waals surface area contributed by atoms with Crippen LogP contribution in [-0.4, -0.2) is 246 Å². The second-order valence-electron chi connectivity index (χ2n) is 30.9. The van der Waals surface area contributed by atoms with Crippen molar-refractivity contribution in [2.75, 3.05) is 152 Å². The lowest BCUT2D eigenvalue weighted by atomic mass is 9.98. The predicted octanol–water partition coefficient (Wildman–Crippen LogP) is 7.52. The topological polar surface area (TPSA) is 477 Å². The summed E-state index contributed by atoms with van der Waals surface area (Å²) in [6, 6.07) is 5.03. The molecule has 0 saturated carbocycles. The van der Waals surface area contributed by atoms with Gasteiger partial charge in [0.15, 0.2) is 17.5 Å². The third-order valence-electron chi connectivity index (χ3n) is 22.4.